The first kappa shape index (κ1) is 22.4. The summed E-state index contributed by atoms with van der Waals surface area (Å²) < 4.78 is 0. The molecule has 0 fully saturated rings. The lowest BCUT2D eigenvalue weighted by atomic mass is 10.1. The van der Waals surface area contributed by atoms with Gasteiger partial charge in [-0.1, -0.05) is 71.0 Å². The summed E-state index contributed by atoms with van der Waals surface area (Å²) in [5.74, 6) is -0.546. The van der Waals surface area contributed by atoms with E-state index in [1.807, 2.05) is 49.4 Å². The van der Waals surface area contributed by atoms with Gasteiger partial charge in [0.1, 0.15) is 0 Å². The van der Waals surface area contributed by atoms with E-state index < -0.39 is 0 Å². The van der Waals surface area contributed by atoms with Crippen LogP contribution in [0, 0.1) is 6.92 Å². The number of benzene rings is 3. The number of hydrogen-bond donors (Lipinski definition) is 2. The average Bonchev–Trinajstić information content (AvgIpc) is 3.31. The Labute approximate surface area is 200 Å². The molecule has 0 unspecified atom stereocenters. The Morgan fingerprint density at radius 3 is 2.24 bits per heavy atom. The fourth-order valence-corrected chi connectivity index (χ4v) is 3.87. The first-order valence-corrected chi connectivity index (χ1v) is 11.2. The maximum absolute atomic E-state index is 12.5. The molecule has 4 aromatic rings. The van der Waals surface area contributed by atoms with Crippen molar-refractivity contribution in [3.05, 3.63) is 106 Å². The van der Waals surface area contributed by atoms with Crippen molar-refractivity contribution >= 4 is 57.2 Å². The van der Waals surface area contributed by atoms with Crippen LogP contribution in [0.1, 0.15) is 36.3 Å². The Balaban J connectivity index is 1.45. The molecule has 4 rings (SSSR count). The highest BCUT2D eigenvalue weighted by Gasteiger charge is 2.15. The lowest BCUT2D eigenvalue weighted by Crippen LogP contribution is -2.11. The number of aromatic nitrogens is 2. The SMILES string of the molecule is Cc1ccc(C(=O)Nc2cccc(/C=C(\Cl)c3nnc(C(=O)Nc4ccccc4)s3)c2)cc1. The van der Waals surface area contributed by atoms with E-state index in [4.69, 9.17) is 11.6 Å². The van der Waals surface area contributed by atoms with Crippen LogP contribution in [0.15, 0.2) is 78.9 Å². The molecule has 164 valence electrons. The summed E-state index contributed by atoms with van der Waals surface area (Å²) >= 11 is 7.53. The number of aryl methyl sites for hydroxylation is 1. The summed E-state index contributed by atoms with van der Waals surface area (Å²) in [5.41, 5.74) is 3.75. The summed E-state index contributed by atoms with van der Waals surface area (Å²) in [6.45, 7) is 1.97. The Morgan fingerprint density at radius 2 is 1.48 bits per heavy atom. The zero-order valence-electron chi connectivity index (χ0n) is 17.6. The molecule has 2 N–H and O–H groups in total. The number of hydrogen-bond acceptors (Lipinski definition) is 5. The van der Waals surface area contributed by atoms with Crippen LogP contribution in [0.25, 0.3) is 11.1 Å². The van der Waals surface area contributed by atoms with Gasteiger partial charge < -0.3 is 10.6 Å². The molecule has 0 atom stereocenters. The molecule has 2 amide bonds. The van der Waals surface area contributed by atoms with E-state index in [0.717, 1.165) is 22.5 Å². The number of rotatable bonds is 6. The van der Waals surface area contributed by atoms with E-state index in [1.54, 1.807) is 42.5 Å². The van der Waals surface area contributed by atoms with Crippen LogP contribution < -0.4 is 10.6 Å². The Kier molecular flexibility index (Phi) is 6.92. The van der Waals surface area contributed by atoms with Crippen LogP contribution in [0.3, 0.4) is 0 Å². The highest BCUT2D eigenvalue weighted by atomic mass is 35.5. The van der Waals surface area contributed by atoms with Crippen molar-refractivity contribution in [1.82, 2.24) is 10.2 Å². The number of amides is 2. The minimum atomic E-state index is -0.352. The molecule has 33 heavy (non-hydrogen) atoms. The van der Waals surface area contributed by atoms with Gasteiger partial charge in [-0.2, -0.15) is 0 Å². The molecule has 0 saturated heterocycles. The molecule has 8 heteroatoms. The van der Waals surface area contributed by atoms with Crippen molar-refractivity contribution in [2.24, 2.45) is 0 Å². The molecule has 0 bridgehead atoms. The summed E-state index contributed by atoms with van der Waals surface area (Å²) in [4.78, 5) is 24.9. The van der Waals surface area contributed by atoms with Crippen molar-refractivity contribution in [3.8, 4) is 0 Å². The van der Waals surface area contributed by atoms with E-state index in [0.29, 0.717) is 27.0 Å². The highest BCUT2D eigenvalue weighted by molar-refractivity contribution is 7.15. The number of nitrogens with one attached hydrogen (secondary N) is 2. The molecule has 0 aliphatic carbocycles. The van der Waals surface area contributed by atoms with Gasteiger partial charge >= 0.3 is 0 Å². The Bertz CT molecular complexity index is 1320. The van der Waals surface area contributed by atoms with Crippen molar-refractivity contribution in [2.75, 3.05) is 10.6 Å². The predicted molar refractivity (Wildman–Crippen MR) is 134 cm³/mol. The number of para-hydroxylation sites is 1. The van der Waals surface area contributed by atoms with Crippen LogP contribution in [0.5, 0.6) is 0 Å². The molecule has 0 aliphatic heterocycles. The molecule has 1 aromatic heterocycles. The van der Waals surface area contributed by atoms with Gasteiger partial charge in [-0.05, 0) is 55.0 Å². The number of nitrogens with zero attached hydrogens (tertiary/aromatic N) is 2. The third-order valence-electron chi connectivity index (χ3n) is 4.61. The summed E-state index contributed by atoms with van der Waals surface area (Å²) in [6.07, 6.45) is 1.71. The first-order valence-electron chi connectivity index (χ1n) is 10.0. The van der Waals surface area contributed by atoms with Gasteiger partial charge in [0.05, 0.1) is 5.03 Å². The predicted octanol–water partition coefficient (Wildman–Crippen LogP) is 6.09. The summed E-state index contributed by atoms with van der Waals surface area (Å²) in [6, 6.07) is 23.7. The van der Waals surface area contributed by atoms with Gasteiger partial charge in [0.25, 0.3) is 11.8 Å². The second kappa shape index (κ2) is 10.2. The standard InChI is InChI=1S/C25H19ClN4O2S/c1-16-10-12-18(13-11-16)22(31)28-20-9-5-6-17(14-20)15-21(26)24-29-30-25(33-24)23(32)27-19-7-3-2-4-8-19/h2-15H,1H3,(H,27,32)(H,28,31)/b21-15-. The van der Waals surface area contributed by atoms with E-state index in [1.165, 1.54) is 0 Å². The lowest BCUT2D eigenvalue weighted by molar-refractivity contribution is 0.101. The minimum Gasteiger partial charge on any atom is -0.322 e. The smallest absolute Gasteiger partial charge is 0.286 e. The quantitative estimate of drug-likeness (QED) is 0.354. The fraction of sp³-hybridized carbons (Fsp3) is 0.0400. The second-order valence-electron chi connectivity index (χ2n) is 7.17. The molecule has 0 aliphatic rings. The monoisotopic (exact) mass is 474 g/mol. The third-order valence-corrected chi connectivity index (χ3v) is 5.96. The van der Waals surface area contributed by atoms with Gasteiger partial charge in [0.2, 0.25) is 5.01 Å². The van der Waals surface area contributed by atoms with Crippen molar-refractivity contribution in [2.45, 2.75) is 6.92 Å². The molecular weight excluding hydrogens is 456 g/mol. The van der Waals surface area contributed by atoms with Gasteiger partial charge in [0.15, 0.2) is 5.01 Å². The summed E-state index contributed by atoms with van der Waals surface area (Å²) in [7, 11) is 0. The largest absolute Gasteiger partial charge is 0.322 e. The lowest BCUT2D eigenvalue weighted by Gasteiger charge is -2.06. The highest BCUT2D eigenvalue weighted by Crippen LogP contribution is 2.26. The zero-order valence-corrected chi connectivity index (χ0v) is 19.2. The zero-order chi connectivity index (χ0) is 23.2. The molecule has 3 aromatic carbocycles. The normalized spacial score (nSPS) is 11.2. The minimum absolute atomic E-state index is 0.194. The van der Waals surface area contributed by atoms with Crippen molar-refractivity contribution < 1.29 is 9.59 Å². The number of halogens is 1. The number of anilines is 2. The molecule has 1 heterocycles. The first-order chi connectivity index (χ1) is 16.0. The summed E-state index contributed by atoms with van der Waals surface area (Å²) in [5, 5.41) is 14.6. The van der Waals surface area contributed by atoms with Crippen LogP contribution in [0.2, 0.25) is 0 Å². The number of carbonyl (C=O) groups excluding carboxylic acids is 2. The second-order valence-corrected chi connectivity index (χ2v) is 8.56. The topological polar surface area (TPSA) is 84.0 Å². The molecule has 0 saturated carbocycles. The van der Waals surface area contributed by atoms with Crippen LogP contribution in [-0.2, 0) is 0 Å². The van der Waals surface area contributed by atoms with E-state index in [9.17, 15) is 9.59 Å². The molecule has 0 radical (unpaired) electrons. The van der Waals surface area contributed by atoms with Crippen molar-refractivity contribution in [1.29, 1.82) is 0 Å². The van der Waals surface area contributed by atoms with Crippen LogP contribution >= 0.6 is 22.9 Å². The van der Waals surface area contributed by atoms with Crippen molar-refractivity contribution in [3.63, 3.8) is 0 Å². The van der Waals surface area contributed by atoms with Gasteiger partial charge in [0, 0.05) is 16.9 Å². The van der Waals surface area contributed by atoms with Crippen LogP contribution in [0.4, 0.5) is 11.4 Å². The maximum Gasteiger partial charge on any atom is 0.286 e. The molecular formula is C25H19ClN4O2S. The Hall–Kier alpha value is -3.81. The molecule has 6 nitrogen and oxygen atoms in total. The van der Waals surface area contributed by atoms with Crippen LogP contribution in [-0.4, -0.2) is 22.0 Å². The number of carbonyl (C=O) groups is 2. The molecule has 0 spiro atoms. The maximum atomic E-state index is 12.5. The van der Waals surface area contributed by atoms with Gasteiger partial charge in [-0.25, -0.2) is 0 Å². The van der Waals surface area contributed by atoms with Gasteiger partial charge in [-0.15, -0.1) is 10.2 Å². The third kappa shape index (κ3) is 5.91. The Morgan fingerprint density at radius 1 is 0.818 bits per heavy atom. The van der Waals surface area contributed by atoms with E-state index in [2.05, 4.69) is 20.8 Å². The average molecular weight is 475 g/mol. The van der Waals surface area contributed by atoms with Gasteiger partial charge in [-0.3, -0.25) is 9.59 Å². The van der Waals surface area contributed by atoms with E-state index >= 15 is 0 Å². The van der Waals surface area contributed by atoms with E-state index in [-0.39, 0.29) is 16.8 Å². The fourth-order valence-electron chi connectivity index (χ4n) is 2.94.